The molecular weight excluding hydrogens is 331 g/mol. The Kier molecular flexibility index (Phi) is 3.25. The number of aromatic nitrogens is 6. The molecule has 3 aromatic heterocycles. The van der Waals surface area contributed by atoms with E-state index in [1.54, 1.807) is 12.3 Å². The summed E-state index contributed by atoms with van der Waals surface area (Å²) in [7, 11) is 0. The van der Waals surface area contributed by atoms with E-state index < -0.39 is 0 Å². The average Bonchev–Trinajstić information content (AvgIpc) is 3.08. The number of H-pyrrole nitrogens is 2. The van der Waals surface area contributed by atoms with Crippen LogP contribution >= 0.6 is 0 Å². The van der Waals surface area contributed by atoms with Crippen molar-refractivity contribution in [1.29, 1.82) is 0 Å². The van der Waals surface area contributed by atoms with E-state index in [0.29, 0.717) is 17.8 Å². The highest BCUT2D eigenvalue weighted by Gasteiger charge is 2.31. The molecule has 1 aromatic carbocycles. The van der Waals surface area contributed by atoms with Gasteiger partial charge in [0.05, 0.1) is 29.2 Å². The molecule has 26 heavy (non-hydrogen) atoms. The Morgan fingerprint density at radius 3 is 2.92 bits per heavy atom. The normalized spacial score (nSPS) is 15.7. The summed E-state index contributed by atoms with van der Waals surface area (Å²) in [5, 5.41) is 11.8. The summed E-state index contributed by atoms with van der Waals surface area (Å²) in [6, 6.07) is 6.80. The second-order valence-corrected chi connectivity index (χ2v) is 7.06. The number of aryl methyl sites for hydroxylation is 1. The molecule has 2 N–H and O–H groups in total. The zero-order chi connectivity index (χ0) is 17.8. The predicted molar refractivity (Wildman–Crippen MR) is 97.0 cm³/mol. The van der Waals surface area contributed by atoms with E-state index in [-0.39, 0.29) is 5.82 Å². The molecule has 0 saturated heterocycles. The number of rotatable bonds is 4. The summed E-state index contributed by atoms with van der Waals surface area (Å²) in [5.41, 5.74) is 5.04. The number of benzene rings is 1. The Bertz CT molecular complexity index is 1100. The summed E-state index contributed by atoms with van der Waals surface area (Å²) in [6.45, 7) is 4.19. The molecule has 5 rings (SSSR count). The van der Waals surface area contributed by atoms with Crippen LogP contribution < -0.4 is 0 Å². The SMILES string of the molecule is Cc1nn(C(C)C2CC2)c2nc(-c3cn[nH]c3-c3cccc(F)c3)[nH]c12. The van der Waals surface area contributed by atoms with Gasteiger partial charge in [0.25, 0.3) is 0 Å². The van der Waals surface area contributed by atoms with Crippen LogP contribution in [0.2, 0.25) is 0 Å². The molecule has 1 atom stereocenters. The highest BCUT2D eigenvalue weighted by atomic mass is 19.1. The Hall–Kier alpha value is -2.96. The first-order valence-corrected chi connectivity index (χ1v) is 8.86. The third-order valence-electron chi connectivity index (χ3n) is 5.22. The summed E-state index contributed by atoms with van der Waals surface area (Å²) in [5.74, 6) is 1.12. The molecule has 1 aliphatic rings. The molecule has 1 aliphatic carbocycles. The van der Waals surface area contributed by atoms with Crippen LogP contribution in [0.4, 0.5) is 4.39 Å². The Balaban J connectivity index is 1.63. The number of nitrogens with zero attached hydrogens (tertiary/aromatic N) is 4. The van der Waals surface area contributed by atoms with E-state index in [0.717, 1.165) is 33.7 Å². The molecule has 0 amide bonds. The van der Waals surface area contributed by atoms with Crippen LogP contribution in [0.25, 0.3) is 33.8 Å². The third kappa shape index (κ3) is 2.34. The maximum Gasteiger partial charge on any atom is 0.177 e. The van der Waals surface area contributed by atoms with E-state index in [1.165, 1.54) is 25.0 Å². The smallest absolute Gasteiger partial charge is 0.177 e. The molecule has 3 heterocycles. The summed E-state index contributed by atoms with van der Waals surface area (Å²) in [6.07, 6.45) is 4.23. The van der Waals surface area contributed by atoms with Crippen LogP contribution in [0.15, 0.2) is 30.5 Å². The number of nitrogens with one attached hydrogen (secondary N) is 2. The van der Waals surface area contributed by atoms with Crippen molar-refractivity contribution in [3.8, 4) is 22.6 Å². The van der Waals surface area contributed by atoms with Crippen molar-refractivity contribution < 1.29 is 4.39 Å². The van der Waals surface area contributed by atoms with Crippen LogP contribution in [-0.2, 0) is 0 Å². The van der Waals surface area contributed by atoms with Gasteiger partial charge in [-0.1, -0.05) is 12.1 Å². The molecule has 1 fully saturated rings. The lowest BCUT2D eigenvalue weighted by atomic mass is 10.1. The fourth-order valence-electron chi connectivity index (χ4n) is 3.56. The first kappa shape index (κ1) is 15.3. The zero-order valence-corrected chi connectivity index (χ0v) is 14.6. The molecular formula is C19H19FN6. The Labute approximate surface area is 149 Å². The van der Waals surface area contributed by atoms with Crippen LogP contribution in [0.1, 0.15) is 31.5 Å². The lowest BCUT2D eigenvalue weighted by Gasteiger charge is -2.10. The van der Waals surface area contributed by atoms with Gasteiger partial charge in [-0.3, -0.25) is 5.10 Å². The molecule has 1 saturated carbocycles. The standard InChI is InChI=1S/C19H19FN6/c1-10-16-19(26(25-10)11(2)12-6-7-12)23-18(22-16)15-9-21-24-17(15)13-4-3-5-14(20)8-13/h3-5,8-9,11-12H,6-7H2,1-2H3,(H,21,24)(H,22,23). The highest BCUT2D eigenvalue weighted by molar-refractivity contribution is 5.83. The molecule has 0 bridgehead atoms. The molecule has 0 aliphatic heterocycles. The fraction of sp³-hybridized carbons (Fsp3) is 0.316. The minimum Gasteiger partial charge on any atom is -0.335 e. The monoisotopic (exact) mass is 350 g/mol. The van der Waals surface area contributed by atoms with Crippen molar-refractivity contribution in [2.45, 2.75) is 32.7 Å². The van der Waals surface area contributed by atoms with Crippen molar-refractivity contribution in [3.63, 3.8) is 0 Å². The largest absolute Gasteiger partial charge is 0.335 e. The number of hydrogen-bond acceptors (Lipinski definition) is 3. The van der Waals surface area contributed by atoms with Crippen LogP contribution in [0.5, 0.6) is 0 Å². The average molecular weight is 350 g/mol. The topological polar surface area (TPSA) is 75.2 Å². The molecule has 0 spiro atoms. The van der Waals surface area contributed by atoms with E-state index >= 15 is 0 Å². The quantitative estimate of drug-likeness (QED) is 0.578. The van der Waals surface area contributed by atoms with Gasteiger partial charge in [0.15, 0.2) is 5.65 Å². The number of aromatic amines is 2. The van der Waals surface area contributed by atoms with Crippen molar-refractivity contribution >= 4 is 11.2 Å². The van der Waals surface area contributed by atoms with Gasteiger partial charge in [0.2, 0.25) is 0 Å². The minimum absolute atomic E-state index is 0.280. The second-order valence-electron chi connectivity index (χ2n) is 7.06. The van der Waals surface area contributed by atoms with E-state index in [1.807, 2.05) is 17.7 Å². The van der Waals surface area contributed by atoms with E-state index in [2.05, 4.69) is 27.2 Å². The molecule has 6 nitrogen and oxygen atoms in total. The summed E-state index contributed by atoms with van der Waals surface area (Å²) in [4.78, 5) is 8.18. The third-order valence-corrected chi connectivity index (χ3v) is 5.22. The fourth-order valence-corrected chi connectivity index (χ4v) is 3.56. The van der Waals surface area contributed by atoms with Gasteiger partial charge in [-0.25, -0.2) is 14.1 Å². The lowest BCUT2D eigenvalue weighted by molar-refractivity contribution is 0.449. The van der Waals surface area contributed by atoms with Gasteiger partial charge in [-0.05, 0) is 44.7 Å². The van der Waals surface area contributed by atoms with Gasteiger partial charge in [-0.15, -0.1) is 0 Å². The number of halogens is 1. The summed E-state index contributed by atoms with van der Waals surface area (Å²) >= 11 is 0. The molecule has 1 unspecified atom stereocenters. The van der Waals surface area contributed by atoms with Crippen molar-refractivity contribution in [3.05, 3.63) is 42.0 Å². The van der Waals surface area contributed by atoms with Gasteiger partial charge < -0.3 is 4.98 Å². The van der Waals surface area contributed by atoms with E-state index in [9.17, 15) is 4.39 Å². The molecule has 132 valence electrons. The van der Waals surface area contributed by atoms with Gasteiger partial charge in [0, 0.05) is 5.56 Å². The minimum atomic E-state index is -0.280. The van der Waals surface area contributed by atoms with Crippen LogP contribution in [0.3, 0.4) is 0 Å². The number of hydrogen-bond donors (Lipinski definition) is 2. The Morgan fingerprint density at radius 1 is 1.31 bits per heavy atom. The maximum absolute atomic E-state index is 13.6. The van der Waals surface area contributed by atoms with E-state index in [4.69, 9.17) is 4.98 Å². The summed E-state index contributed by atoms with van der Waals surface area (Å²) < 4.78 is 15.6. The Morgan fingerprint density at radius 2 is 2.15 bits per heavy atom. The van der Waals surface area contributed by atoms with Crippen molar-refractivity contribution in [2.75, 3.05) is 0 Å². The second kappa shape index (κ2) is 5.52. The van der Waals surface area contributed by atoms with Crippen LogP contribution in [0, 0.1) is 18.7 Å². The first-order chi connectivity index (χ1) is 12.6. The first-order valence-electron chi connectivity index (χ1n) is 8.86. The molecule has 4 aromatic rings. The van der Waals surface area contributed by atoms with Crippen molar-refractivity contribution in [1.82, 2.24) is 29.9 Å². The number of imidazole rings is 1. The molecule has 7 heteroatoms. The van der Waals surface area contributed by atoms with Gasteiger partial charge >= 0.3 is 0 Å². The lowest BCUT2D eigenvalue weighted by Crippen LogP contribution is -2.09. The van der Waals surface area contributed by atoms with Gasteiger partial charge in [-0.2, -0.15) is 10.2 Å². The predicted octanol–water partition coefficient (Wildman–Crippen LogP) is 4.24. The molecule has 0 radical (unpaired) electrons. The number of fused-ring (bicyclic) bond motifs is 1. The van der Waals surface area contributed by atoms with Crippen LogP contribution in [-0.4, -0.2) is 29.9 Å². The maximum atomic E-state index is 13.6. The zero-order valence-electron chi connectivity index (χ0n) is 14.6. The van der Waals surface area contributed by atoms with Gasteiger partial charge in [0.1, 0.15) is 17.2 Å². The highest BCUT2D eigenvalue weighted by Crippen LogP contribution is 2.40. The van der Waals surface area contributed by atoms with Crippen molar-refractivity contribution in [2.24, 2.45) is 5.92 Å².